The van der Waals surface area contributed by atoms with Gasteiger partial charge in [0.1, 0.15) is 5.60 Å². The molecule has 1 aliphatic heterocycles. The highest BCUT2D eigenvalue weighted by molar-refractivity contribution is 5.68. The summed E-state index contributed by atoms with van der Waals surface area (Å²) in [5, 5.41) is 0. The fraction of sp³-hybridized carbons (Fsp3) is 0.938. The Morgan fingerprint density at radius 3 is 2.45 bits per heavy atom. The molecule has 1 aliphatic carbocycles. The Kier molecular flexibility index (Phi) is 4.95. The van der Waals surface area contributed by atoms with E-state index in [1.165, 1.54) is 25.7 Å². The van der Waals surface area contributed by atoms with Gasteiger partial charge in [-0.05, 0) is 51.5 Å². The van der Waals surface area contributed by atoms with Gasteiger partial charge in [-0.15, -0.1) is 0 Å². The molecular formula is C16H30N2O2. The smallest absolute Gasteiger partial charge is 0.410 e. The first-order valence-corrected chi connectivity index (χ1v) is 8.08. The predicted molar refractivity (Wildman–Crippen MR) is 80.4 cm³/mol. The lowest BCUT2D eigenvalue weighted by Crippen LogP contribution is -2.35. The van der Waals surface area contributed by atoms with Gasteiger partial charge in [0, 0.05) is 13.1 Å². The molecule has 1 saturated heterocycles. The van der Waals surface area contributed by atoms with E-state index in [2.05, 4.69) is 0 Å². The largest absolute Gasteiger partial charge is 0.444 e. The van der Waals surface area contributed by atoms with Crippen LogP contribution < -0.4 is 5.73 Å². The molecule has 4 nitrogen and oxygen atoms in total. The number of amides is 1. The van der Waals surface area contributed by atoms with E-state index in [0.29, 0.717) is 11.8 Å². The van der Waals surface area contributed by atoms with Gasteiger partial charge in [0.25, 0.3) is 0 Å². The molecule has 2 unspecified atom stereocenters. The summed E-state index contributed by atoms with van der Waals surface area (Å²) in [6.45, 7) is 8.18. The van der Waals surface area contributed by atoms with Crippen molar-refractivity contribution in [2.75, 3.05) is 19.6 Å². The lowest BCUT2D eigenvalue weighted by Gasteiger charge is -2.25. The molecule has 0 bridgehead atoms. The monoisotopic (exact) mass is 282 g/mol. The number of likely N-dealkylation sites (tertiary alicyclic amines) is 1. The fourth-order valence-electron chi connectivity index (χ4n) is 3.81. The van der Waals surface area contributed by atoms with E-state index in [1.54, 1.807) is 0 Å². The normalized spacial score (nSPS) is 28.1. The van der Waals surface area contributed by atoms with Gasteiger partial charge in [-0.1, -0.05) is 25.7 Å². The second kappa shape index (κ2) is 6.33. The van der Waals surface area contributed by atoms with Gasteiger partial charge >= 0.3 is 6.09 Å². The van der Waals surface area contributed by atoms with Crippen LogP contribution in [0, 0.1) is 17.8 Å². The summed E-state index contributed by atoms with van der Waals surface area (Å²) < 4.78 is 5.51. The molecule has 116 valence electrons. The molecule has 0 aromatic rings. The van der Waals surface area contributed by atoms with Crippen LogP contribution in [0.5, 0.6) is 0 Å². The number of nitrogens with two attached hydrogens (primary N) is 1. The number of hydrogen-bond donors (Lipinski definition) is 1. The average Bonchev–Trinajstić information content (AvgIpc) is 2.94. The van der Waals surface area contributed by atoms with Crippen molar-refractivity contribution in [3.63, 3.8) is 0 Å². The predicted octanol–water partition coefficient (Wildman–Crippen LogP) is 3.01. The van der Waals surface area contributed by atoms with Crippen LogP contribution in [0.4, 0.5) is 4.79 Å². The van der Waals surface area contributed by atoms with E-state index >= 15 is 0 Å². The van der Waals surface area contributed by atoms with Crippen LogP contribution in [0.2, 0.25) is 0 Å². The minimum atomic E-state index is -0.411. The fourth-order valence-corrected chi connectivity index (χ4v) is 3.81. The minimum absolute atomic E-state index is 0.153. The number of rotatable bonds is 3. The zero-order valence-corrected chi connectivity index (χ0v) is 13.2. The van der Waals surface area contributed by atoms with Gasteiger partial charge in [0.2, 0.25) is 0 Å². The molecule has 1 saturated carbocycles. The van der Waals surface area contributed by atoms with Crippen molar-refractivity contribution in [2.45, 2.75) is 58.5 Å². The number of hydrogen-bond acceptors (Lipinski definition) is 3. The topological polar surface area (TPSA) is 55.6 Å². The standard InChI is InChI=1S/C16H30N2O2/c1-16(2,3)20-15(19)18-10-13(8-9-17)14(11-18)12-6-4-5-7-12/h12-14H,4-11,17H2,1-3H3. The highest BCUT2D eigenvalue weighted by atomic mass is 16.6. The first-order valence-electron chi connectivity index (χ1n) is 8.08. The summed E-state index contributed by atoms with van der Waals surface area (Å²) >= 11 is 0. The van der Waals surface area contributed by atoms with Crippen molar-refractivity contribution in [3.05, 3.63) is 0 Å². The summed E-state index contributed by atoms with van der Waals surface area (Å²) in [5.74, 6) is 1.99. The second-order valence-corrected chi connectivity index (χ2v) is 7.43. The lowest BCUT2D eigenvalue weighted by molar-refractivity contribution is 0.0280. The van der Waals surface area contributed by atoms with Crippen molar-refractivity contribution in [1.29, 1.82) is 0 Å². The Labute approximate surface area is 123 Å². The highest BCUT2D eigenvalue weighted by Gasteiger charge is 2.41. The van der Waals surface area contributed by atoms with Crippen molar-refractivity contribution >= 4 is 6.09 Å². The first kappa shape index (κ1) is 15.6. The summed E-state index contributed by atoms with van der Waals surface area (Å²) in [6.07, 6.45) is 6.23. The molecule has 2 atom stereocenters. The van der Waals surface area contributed by atoms with Crippen molar-refractivity contribution in [1.82, 2.24) is 4.90 Å². The van der Waals surface area contributed by atoms with Crippen molar-refractivity contribution < 1.29 is 9.53 Å². The third-order valence-electron chi connectivity index (χ3n) is 4.69. The molecular weight excluding hydrogens is 252 g/mol. The lowest BCUT2D eigenvalue weighted by atomic mass is 9.81. The second-order valence-electron chi connectivity index (χ2n) is 7.43. The minimum Gasteiger partial charge on any atom is -0.444 e. The Morgan fingerprint density at radius 2 is 1.90 bits per heavy atom. The zero-order valence-electron chi connectivity index (χ0n) is 13.2. The van der Waals surface area contributed by atoms with Gasteiger partial charge < -0.3 is 15.4 Å². The van der Waals surface area contributed by atoms with Crippen LogP contribution in [0.25, 0.3) is 0 Å². The summed E-state index contributed by atoms with van der Waals surface area (Å²) in [5.41, 5.74) is 5.35. The zero-order chi connectivity index (χ0) is 14.8. The third kappa shape index (κ3) is 3.87. The molecule has 2 N–H and O–H groups in total. The molecule has 2 rings (SSSR count). The van der Waals surface area contributed by atoms with E-state index in [9.17, 15) is 4.79 Å². The highest BCUT2D eigenvalue weighted by Crippen LogP contribution is 2.40. The summed E-state index contributed by atoms with van der Waals surface area (Å²) in [4.78, 5) is 14.2. The molecule has 2 aliphatic rings. The SMILES string of the molecule is CC(C)(C)OC(=O)N1CC(CCN)C(C2CCCC2)C1. The van der Waals surface area contributed by atoms with E-state index in [0.717, 1.165) is 32.0 Å². The number of carbonyl (C=O) groups excluding carboxylic acids is 1. The van der Waals surface area contributed by atoms with Crippen molar-refractivity contribution in [3.8, 4) is 0 Å². The first-order chi connectivity index (χ1) is 9.40. The Morgan fingerprint density at radius 1 is 1.25 bits per heavy atom. The molecule has 0 radical (unpaired) electrons. The molecule has 0 aromatic heterocycles. The van der Waals surface area contributed by atoms with E-state index < -0.39 is 5.60 Å². The molecule has 4 heteroatoms. The maximum atomic E-state index is 12.2. The molecule has 2 fully saturated rings. The van der Waals surface area contributed by atoms with Gasteiger partial charge in [0.15, 0.2) is 0 Å². The van der Waals surface area contributed by atoms with E-state index in [-0.39, 0.29) is 6.09 Å². The van der Waals surface area contributed by atoms with E-state index in [1.807, 2.05) is 25.7 Å². The molecule has 1 amide bonds. The van der Waals surface area contributed by atoms with Crippen LogP contribution in [-0.4, -0.2) is 36.2 Å². The number of nitrogens with zero attached hydrogens (tertiary/aromatic N) is 1. The molecule has 0 spiro atoms. The Balaban J connectivity index is 1.97. The van der Waals surface area contributed by atoms with Crippen LogP contribution >= 0.6 is 0 Å². The summed E-state index contributed by atoms with van der Waals surface area (Å²) in [6, 6.07) is 0. The maximum Gasteiger partial charge on any atom is 0.410 e. The maximum absolute atomic E-state index is 12.2. The van der Waals surface area contributed by atoms with Crippen LogP contribution in [0.3, 0.4) is 0 Å². The van der Waals surface area contributed by atoms with Crippen LogP contribution in [-0.2, 0) is 4.74 Å². The summed E-state index contributed by atoms with van der Waals surface area (Å²) in [7, 11) is 0. The number of carbonyl (C=O) groups is 1. The van der Waals surface area contributed by atoms with Gasteiger partial charge in [-0.3, -0.25) is 0 Å². The molecule has 0 aromatic carbocycles. The quantitative estimate of drug-likeness (QED) is 0.865. The molecule has 1 heterocycles. The van der Waals surface area contributed by atoms with Gasteiger partial charge in [-0.2, -0.15) is 0 Å². The van der Waals surface area contributed by atoms with Gasteiger partial charge in [0.05, 0.1) is 0 Å². The van der Waals surface area contributed by atoms with E-state index in [4.69, 9.17) is 10.5 Å². The number of ether oxygens (including phenoxy) is 1. The Bertz CT molecular complexity index is 332. The Hall–Kier alpha value is -0.770. The van der Waals surface area contributed by atoms with Crippen LogP contribution in [0.1, 0.15) is 52.9 Å². The average molecular weight is 282 g/mol. The molecule has 20 heavy (non-hydrogen) atoms. The van der Waals surface area contributed by atoms with Crippen LogP contribution in [0.15, 0.2) is 0 Å². The van der Waals surface area contributed by atoms with Gasteiger partial charge in [-0.25, -0.2) is 4.79 Å². The van der Waals surface area contributed by atoms with Crippen molar-refractivity contribution in [2.24, 2.45) is 23.5 Å². The third-order valence-corrected chi connectivity index (χ3v) is 4.69.